The maximum atomic E-state index is 13.6. The number of anilines is 1. The van der Waals surface area contributed by atoms with E-state index in [4.69, 9.17) is 21.3 Å². The van der Waals surface area contributed by atoms with Gasteiger partial charge in [0.2, 0.25) is 0 Å². The fourth-order valence-corrected chi connectivity index (χ4v) is 4.72. The lowest BCUT2D eigenvalue weighted by Gasteiger charge is -2.20. The van der Waals surface area contributed by atoms with E-state index in [1.54, 1.807) is 29.2 Å². The van der Waals surface area contributed by atoms with Crippen molar-refractivity contribution in [2.45, 2.75) is 6.54 Å². The second kappa shape index (κ2) is 9.45. The van der Waals surface area contributed by atoms with Crippen LogP contribution in [-0.2, 0) is 6.54 Å². The first-order chi connectivity index (χ1) is 16.2. The van der Waals surface area contributed by atoms with Gasteiger partial charge in [0.1, 0.15) is 17.0 Å². The van der Waals surface area contributed by atoms with Gasteiger partial charge in [-0.3, -0.25) is 9.69 Å². The molecule has 0 aliphatic rings. The number of hydrogen-bond acceptors (Lipinski definition) is 4. The van der Waals surface area contributed by atoms with Gasteiger partial charge in [-0.1, -0.05) is 77.5 Å². The molecule has 0 atom stereocenters. The van der Waals surface area contributed by atoms with Gasteiger partial charge >= 0.3 is 0 Å². The van der Waals surface area contributed by atoms with Crippen LogP contribution in [0.2, 0.25) is 5.02 Å². The summed E-state index contributed by atoms with van der Waals surface area (Å²) in [5.41, 5.74) is 2.27. The van der Waals surface area contributed by atoms with E-state index in [2.05, 4.69) is 0 Å². The van der Waals surface area contributed by atoms with E-state index >= 15 is 0 Å². The molecule has 4 aromatic carbocycles. The summed E-state index contributed by atoms with van der Waals surface area (Å²) < 4.78 is 6.80. The zero-order valence-electron chi connectivity index (χ0n) is 17.5. The molecule has 0 bridgehead atoms. The molecule has 6 heteroatoms. The van der Waals surface area contributed by atoms with Gasteiger partial charge in [-0.25, -0.2) is 4.98 Å². The Kier molecular flexibility index (Phi) is 6.07. The summed E-state index contributed by atoms with van der Waals surface area (Å²) in [4.78, 5) is 20.0. The summed E-state index contributed by atoms with van der Waals surface area (Å²) >= 11 is 7.79. The van der Waals surface area contributed by atoms with Crippen molar-refractivity contribution in [3.63, 3.8) is 0 Å². The van der Waals surface area contributed by atoms with Gasteiger partial charge in [0, 0.05) is 5.56 Å². The van der Waals surface area contributed by atoms with Gasteiger partial charge < -0.3 is 4.74 Å². The fourth-order valence-electron chi connectivity index (χ4n) is 3.46. The molecule has 0 radical (unpaired) electrons. The average molecular weight is 471 g/mol. The molecule has 0 saturated heterocycles. The number of halogens is 1. The van der Waals surface area contributed by atoms with Crippen LogP contribution in [0, 0.1) is 0 Å². The van der Waals surface area contributed by atoms with Crippen molar-refractivity contribution in [2.24, 2.45) is 0 Å². The number of aromatic nitrogens is 1. The Morgan fingerprint density at radius 3 is 2.18 bits per heavy atom. The SMILES string of the molecule is O=C(c1ccc(Oc2ccccc2)cc1)N(Cc1ccccc1)c1nc2c(Cl)cccc2s1. The molecule has 5 rings (SSSR count). The van der Waals surface area contributed by atoms with Gasteiger partial charge in [-0.05, 0) is 54.1 Å². The number of rotatable bonds is 6. The number of benzene rings is 4. The summed E-state index contributed by atoms with van der Waals surface area (Å²) in [5, 5.41) is 1.18. The van der Waals surface area contributed by atoms with E-state index in [9.17, 15) is 4.79 Å². The third kappa shape index (κ3) is 4.75. The molecular formula is C27H19ClN2O2S. The Bertz CT molecular complexity index is 1390. The minimum Gasteiger partial charge on any atom is -0.457 e. The number of amides is 1. The number of carbonyl (C=O) groups is 1. The number of carbonyl (C=O) groups excluding carboxylic acids is 1. The molecule has 0 fully saturated rings. The van der Waals surface area contributed by atoms with E-state index in [0.29, 0.717) is 33.5 Å². The van der Waals surface area contributed by atoms with Crippen molar-refractivity contribution in [1.29, 1.82) is 0 Å². The molecule has 0 unspecified atom stereocenters. The van der Waals surface area contributed by atoms with Crippen LogP contribution in [0.5, 0.6) is 11.5 Å². The first-order valence-corrected chi connectivity index (χ1v) is 11.6. The van der Waals surface area contributed by atoms with Gasteiger partial charge in [0.15, 0.2) is 5.13 Å². The Labute approximate surface area is 200 Å². The molecule has 0 aliphatic heterocycles. The van der Waals surface area contributed by atoms with Crippen LogP contribution in [0.3, 0.4) is 0 Å². The van der Waals surface area contributed by atoms with Crippen LogP contribution >= 0.6 is 22.9 Å². The number of para-hydroxylation sites is 2. The van der Waals surface area contributed by atoms with Crippen LogP contribution in [0.15, 0.2) is 103 Å². The molecular weight excluding hydrogens is 452 g/mol. The highest BCUT2D eigenvalue weighted by Gasteiger charge is 2.22. The van der Waals surface area contributed by atoms with E-state index in [-0.39, 0.29) is 5.91 Å². The van der Waals surface area contributed by atoms with Crippen molar-refractivity contribution in [3.05, 3.63) is 119 Å². The predicted molar refractivity (Wildman–Crippen MR) is 135 cm³/mol. The van der Waals surface area contributed by atoms with Crippen LogP contribution in [0.25, 0.3) is 10.2 Å². The number of thiazole rings is 1. The second-order valence-corrected chi connectivity index (χ2v) is 8.82. The lowest BCUT2D eigenvalue weighted by Crippen LogP contribution is -2.30. The highest BCUT2D eigenvalue weighted by molar-refractivity contribution is 7.22. The average Bonchev–Trinajstić information content (AvgIpc) is 3.29. The maximum absolute atomic E-state index is 13.6. The lowest BCUT2D eigenvalue weighted by atomic mass is 10.1. The Morgan fingerprint density at radius 2 is 1.48 bits per heavy atom. The van der Waals surface area contributed by atoms with Crippen LogP contribution in [-0.4, -0.2) is 10.9 Å². The van der Waals surface area contributed by atoms with E-state index in [0.717, 1.165) is 16.0 Å². The smallest absolute Gasteiger partial charge is 0.260 e. The molecule has 0 spiro atoms. The summed E-state index contributed by atoms with van der Waals surface area (Å²) in [6.07, 6.45) is 0. The van der Waals surface area contributed by atoms with Gasteiger partial charge in [-0.2, -0.15) is 0 Å². The molecule has 0 N–H and O–H groups in total. The fraction of sp³-hybridized carbons (Fsp3) is 0.0370. The maximum Gasteiger partial charge on any atom is 0.260 e. The van der Waals surface area contributed by atoms with Crippen molar-refractivity contribution in [3.8, 4) is 11.5 Å². The van der Waals surface area contributed by atoms with Crippen molar-refractivity contribution < 1.29 is 9.53 Å². The lowest BCUT2D eigenvalue weighted by molar-refractivity contribution is 0.0985. The van der Waals surface area contributed by atoms with Crippen molar-refractivity contribution in [1.82, 2.24) is 4.98 Å². The number of hydrogen-bond donors (Lipinski definition) is 0. The minimum atomic E-state index is -0.139. The third-order valence-electron chi connectivity index (χ3n) is 5.10. The Morgan fingerprint density at radius 1 is 0.818 bits per heavy atom. The highest BCUT2D eigenvalue weighted by Crippen LogP contribution is 2.34. The zero-order valence-corrected chi connectivity index (χ0v) is 19.1. The van der Waals surface area contributed by atoms with E-state index in [1.807, 2.05) is 78.9 Å². The predicted octanol–water partition coefficient (Wildman–Crippen LogP) is 7.59. The highest BCUT2D eigenvalue weighted by atomic mass is 35.5. The summed E-state index contributed by atoms with van der Waals surface area (Å²) in [5.74, 6) is 1.27. The van der Waals surface area contributed by atoms with Crippen LogP contribution < -0.4 is 9.64 Å². The first kappa shape index (κ1) is 21.2. The monoisotopic (exact) mass is 470 g/mol. The molecule has 4 nitrogen and oxygen atoms in total. The number of nitrogens with zero attached hydrogens (tertiary/aromatic N) is 2. The molecule has 1 amide bonds. The Balaban J connectivity index is 1.46. The van der Waals surface area contributed by atoms with E-state index < -0.39 is 0 Å². The van der Waals surface area contributed by atoms with Crippen LogP contribution in [0.4, 0.5) is 5.13 Å². The van der Waals surface area contributed by atoms with Gasteiger partial charge in [0.25, 0.3) is 5.91 Å². The first-order valence-electron chi connectivity index (χ1n) is 10.4. The molecule has 162 valence electrons. The number of fused-ring (bicyclic) bond motifs is 1. The molecule has 33 heavy (non-hydrogen) atoms. The molecule has 0 saturated carbocycles. The minimum absolute atomic E-state index is 0.139. The number of ether oxygens (including phenoxy) is 1. The summed E-state index contributed by atoms with van der Waals surface area (Å²) in [6.45, 7) is 0.402. The standard InChI is InChI=1S/C27H19ClN2O2S/c28-23-12-7-13-24-25(23)29-27(33-24)30(18-19-8-3-1-4-9-19)26(31)20-14-16-22(17-15-20)32-21-10-5-2-6-11-21/h1-17H,18H2. The molecule has 1 heterocycles. The molecule has 1 aromatic heterocycles. The normalized spacial score (nSPS) is 10.8. The topological polar surface area (TPSA) is 42.4 Å². The largest absolute Gasteiger partial charge is 0.457 e. The Hall–Kier alpha value is -3.67. The second-order valence-electron chi connectivity index (χ2n) is 7.40. The summed E-state index contributed by atoms with van der Waals surface area (Å²) in [6, 6.07) is 32.2. The van der Waals surface area contributed by atoms with Crippen LogP contribution in [0.1, 0.15) is 15.9 Å². The van der Waals surface area contributed by atoms with Crippen molar-refractivity contribution >= 4 is 44.2 Å². The third-order valence-corrected chi connectivity index (χ3v) is 6.45. The summed E-state index contributed by atoms with van der Waals surface area (Å²) in [7, 11) is 0. The zero-order chi connectivity index (χ0) is 22.6. The quantitative estimate of drug-likeness (QED) is 0.256. The molecule has 0 aliphatic carbocycles. The van der Waals surface area contributed by atoms with E-state index in [1.165, 1.54) is 11.3 Å². The van der Waals surface area contributed by atoms with Crippen molar-refractivity contribution in [2.75, 3.05) is 4.90 Å². The van der Waals surface area contributed by atoms with Gasteiger partial charge in [0.05, 0.1) is 16.3 Å². The van der Waals surface area contributed by atoms with Gasteiger partial charge in [-0.15, -0.1) is 0 Å². The molecule has 5 aromatic rings.